The fraction of sp³-hybridized carbons (Fsp3) is 0.235. The highest BCUT2D eigenvalue weighted by molar-refractivity contribution is 6.35. The van der Waals surface area contributed by atoms with E-state index in [1.165, 1.54) is 12.8 Å². The first-order valence-corrected chi connectivity index (χ1v) is 8.00. The van der Waals surface area contributed by atoms with Gasteiger partial charge in [0.05, 0.1) is 11.4 Å². The van der Waals surface area contributed by atoms with Crippen molar-refractivity contribution in [1.29, 1.82) is 0 Å². The molecule has 0 atom stereocenters. The summed E-state index contributed by atoms with van der Waals surface area (Å²) in [7, 11) is 0. The monoisotopic (exact) mass is 334 g/mol. The summed E-state index contributed by atoms with van der Waals surface area (Å²) in [5.41, 5.74) is 2.32. The number of nitrogens with one attached hydrogen (secondary N) is 1. The van der Waals surface area contributed by atoms with Crippen LogP contribution in [0.3, 0.4) is 0 Å². The number of nitrogens with zero attached hydrogens (tertiary/aromatic N) is 1. The zero-order valence-corrected chi connectivity index (χ0v) is 13.5. The van der Waals surface area contributed by atoms with Crippen LogP contribution in [0, 0.1) is 0 Å². The fourth-order valence-corrected chi connectivity index (χ4v) is 3.22. The molecule has 1 heterocycles. The number of amides is 1. The Balaban J connectivity index is 1.85. The first-order valence-electron chi connectivity index (χ1n) is 7.25. The summed E-state index contributed by atoms with van der Waals surface area (Å²) in [5, 5.41) is 3.86. The largest absolute Gasteiger partial charge is 0.370 e. The minimum atomic E-state index is -0.212. The molecule has 3 rings (SSSR count). The van der Waals surface area contributed by atoms with Crippen LogP contribution in [-0.4, -0.2) is 19.0 Å². The van der Waals surface area contributed by atoms with Gasteiger partial charge >= 0.3 is 0 Å². The Morgan fingerprint density at radius 1 is 1.00 bits per heavy atom. The highest BCUT2D eigenvalue weighted by atomic mass is 35.5. The van der Waals surface area contributed by atoms with Crippen molar-refractivity contribution in [1.82, 2.24) is 0 Å². The topological polar surface area (TPSA) is 32.3 Å². The molecule has 1 N–H and O–H groups in total. The van der Waals surface area contributed by atoms with Gasteiger partial charge in [-0.3, -0.25) is 4.79 Å². The number of carbonyl (C=O) groups is 1. The van der Waals surface area contributed by atoms with Gasteiger partial charge in [-0.05, 0) is 43.2 Å². The van der Waals surface area contributed by atoms with Crippen LogP contribution >= 0.6 is 23.2 Å². The fourth-order valence-electron chi connectivity index (χ4n) is 2.69. The predicted octanol–water partition coefficient (Wildman–Crippen LogP) is 4.85. The third-order valence-electron chi connectivity index (χ3n) is 3.72. The summed E-state index contributed by atoms with van der Waals surface area (Å²) >= 11 is 11.9. The van der Waals surface area contributed by atoms with Gasteiger partial charge in [0.1, 0.15) is 0 Å². The average Bonchev–Trinajstić information content (AvgIpc) is 3.01. The van der Waals surface area contributed by atoms with Gasteiger partial charge in [0, 0.05) is 28.7 Å². The molecule has 114 valence electrons. The molecule has 0 radical (unpaired) electrons. The van der Waals surface area contributed by atoms with Gasteiger partial charge in [-0.15, -0.1) is 0 Å². The number of halogens is 2. The van der Waals surface area contributed by atoms with Crippen molar-refractivity contribution in [2.45, 2.75) is 12.8 Å². The van der Waals surface area contributed by atoms with Gasteiger partial charge in [-0.25, -0.2) is 0 Å². The maximum Gasteiger partial charge on any atom is 0.255 e. The Labute approximate surface area is 139 Å². The van der Waals surface area contributed by atoms with Crippen molar-refractivity contribution in [2.75, 3.05) is 23.3 Å². The molecule has 22 heavy (non-hydrogen) atoms. The summed E-state index contributed by atoms with van der Waals surface area (Å²) in [6, 6.07) is 12.7. The number of hydrogen-bond acceptors (Lipinski definition) is 2. The van der Waals surface area contributed by atoms with E-state index in [2.05, 4.69) is 10.2 Å². The van der Waals surface area contributed by atoms with Gasteiger partial charge in [0.25, 0.3) is 5.91 Å². The van der Waals surface area contributed by atoms with Crippen LogP contribution in [0.4, 0.5) is 11.4 Å². The number of benzene rings is 2. The lowest BCUT2D eigenvalue weighted by Gasteiger charge is -2.21. The molecule has 1 aliphatic heterocycles. The highest BCUT2D eigenvalue weighted by Crippen LogP contribution is 2.29. The SMILES string of the molecule is O=C(Nc1ccccc1N1CCCC1)c1cc(Cl)cc(Cl)c1. The van der Waals surface area contributed by atoms with E-state index in [4.69, 9.17) is 23.2 Å². The zero-order chi connectivity index (χ0) is 15.5. The third kappa shape index (κ3) is 3.37. The molecular formula is C17H16Cl2N2O. The second-order valence-corrected chi connectivity index (χ2v) is 6.20. The van der Waals surface area contributed by atoms with Gasteiger partial charge in [-0.2, -0.15) is 0 Å². The summed E-state index contributed by atoms with van der Waals surface area (Å²) in [4.78, 5) is 14.7. The summed E-state index contributed by atoms with van der Waals surface area (Å²) in [6.07, 6.45) is 2.37. The number of hydrogen-bond donors (Lipinski definition) is 1. The smallest absolute Gasteiger partial charge is 0.255 e. The van der Waals surface area contributed by atoms with Crippen molar-refractivity contribution in [2.24, 2.45) is 0 Å². The molecule has 1 aliphatic rings. The van der Waals surface area contributed by atoms with Crippen molar-refractivity contribution >= 4 is 40.5 Å². The van der Waals surface area contributed by atoms with Crippen LogP contribution in [0.15, 0.2) is 42.5 Å². The number of rotatable bonds is 3. The van der Waals surface area contributed by atoms with Crippen LogP contribution in [-0.2, 0) is 0 Å². The van der Waals surface area contributed by atoms with Crippen molar-refractivity contribution in [3.63, 3.8) is 0 Å². The van der Waals surface area contributed by atoms with E-state index in [1.807, 2.05) is 24.3 Å². The molecule has 0 aromatic heterocycles. The molecule has 0 saturated carbocycles. The molecule has 2 aromatic rings. The average molecular weight is 335 g/mol. The zero-order valence-electron chi connectivity index (χ0n) is 12.0. The van der Waals surface area contributed by atoms with E-state index < -0.39 is 0 Å². The minimum absolute atomic E-state index is 0.212. The van der Waals surface area contributed by atoms with Gasteiger partial charge < -0.3 is 10.2 Å². The number of para-hydroxylation sites is 2. The lowest BCUT2D eigenvalue weighted by atomic mass is 10.2. The van der Waals surface area contributed by atoms with Crippen LogP contribution in [0.25, 0.3) is 0 Å². The minimum Gasteiger partial charge on any atom is -0.370 e. The molecule has 2 aromatic carbocycles. The molecule has 0 aliphatic carbocycles. The van der Waals surface area contributed by atoms with Gasteiger partial charge in [0.2, 0.25) is 0 Å². The van der Waals surface area contributed by atoms with E-state index in [9.17, 15) is 4.79 Å². The van der Waals surface area contributed by atoms with Crippen molar-refractivity contribution < 1.29 is 4.79 Å². The molecular weight excluding hydrogens is 319 g/mol. The lowest BCUT2D eigenvalue weighted by molar-refractivity contribution is 0.102. The van der Waals surface area contributed by atoms with E-state index in [0.29, 0.717) is 15.6 Å². The maximum atomic E-state index is 12.4. The molecule has 1 amide bonds. The predicted molar refractivity (Wildman–Crippen MR) is 92.3 cm³/mol. The Morgan fingerprint density at radius 2 is 1.64 bits per heavy atom. The second-order valence-electron chi connectivity index (χ2n) is 5.32. The number of carbonyl (C=O) groups excluding carboxylic acids is 1. The standard InChI is InChI=1S/C17H16Cl2N2O/c18-13-9-12(10-14(19)11-13)17(22)20-15-5-1-2-6-16(15)21-7-3-4-8-21/h1-2,5-6,9-11H,3-4,7-8H2,(H,20,22). The first kappa shape index (κ1) is 15.2. The van der Waals surface area contributed by atoms with Gasteiger partial charge in [0.15, 0.2) is 0 Å². The molecule has 3 nitrogen and oxygen atoms in total. The Morgan fingerprint density at radius 3 is 2.32 bits per heavy atom. The third-order valence-corrected chi connectivity index (χ3v) is 4.16. The quantitative estimate of drug-likeness (QED) is 0.870. The Hall–Kier alpha value is -1.71. The van der Waals surface area contributed by atoms with Crippen molar-refractivity contribution in [3.05, 3.63) is 58.1 Å². The molecule has 0 unspecified atom stereocenters. The first-order chi connectivity index (χ1) is 10.6. The summed E-state index contributed by atoms with van der Waals surface area (Å²) in [6.45, 7) is 2.05. The Bertz CT molecular complexity index is 677. The summed E-state index contributed by atoms with van der Waals surface area (Å²) in [5.74, 6) is -0.212. The van der Waals surface area contributed by atoms with E-state index in [0.717, 1.165) is 24.5 Å². The van der Waals surface area contributed by atoms with Gasteiger partial charge in [-0.1, -0.05) is 35.3 Å². The molecule has 0 spiro atoms. The van der Waals surface area contributed by atoms with Crippen LogP contribution in [0.1, 0.15) is 23.2 Å². The maximum absolute atomic E-state index is 12.4. The van der Waals surface area contributed by atoms with Crippen LogP contribution in [0.2, 0.25) is 10.0 Å². The lowest BCUT2D eigenvalue weighted by Crippen LogP contribution is -2.21. The normalized spacial score (nSPS) is 14.2. The molecule has 5 heteroatoms. The van der Waals surface area contributed by atoms with E-state index in [-0.39, 0.29) is 5.91 Å². The highest BCUT2D eigenvalue weighted by Gasteiger charge is 2.17. The molecule has 0 bridgehead atoms. The molecule has 1 saturated heterocycles. The Kier molecular flexibility index (Phi) is 4.55. The molecule has 1 fully saturated rings. The summed E-state index contributed by atoms with van der Waals surface area (Å²) < 4.78 is 0. The van der Waals surface area contributed by atoms with E-state index >= 15 is 0 Å². The second kappa shape index (κ2) is 6.59. The van der Waals surface area contributed by atoms with Crippen LogP contribution < -0.4 is 10.2 Å². The number of anilines is 2. The van der Waals surface area contributed by atoms with Crippen molar-refractivity contribution in [3.8, 4) is 0 Å². The van der Waals surface area contributed by atoms with Crippen LogP contribution in [0.5, 0.6) is 0 Å². The van der Waals surface area contributed by atoms with E-state index in [1.54, 1.807) is 18.2 Å².